The second-order valence-corrected chi connectivity index (χ2v) is 11.2. The average Bonchev–Trinajstić information content (AvgIpc) is 3.58. The number of amides is 3. The summed E-state index contributed by atoms with van der Waals surface area (Å²) in [4.78, 5) is 42.0. The van der Waals surface area contributed by atoms with Crippen molar-refractivity contribution in [3.05, 3.63) is 65.2 Å². The van der Waals surface area contributed by atoms with Crippen LogP contribution >= 0.6 is 0 Å². The van der Waals surface area contributed by atoms with Crippen LogP contribution in [0.5, 0.6) is 5.75 Å². The molecule has 3 saturated heterocycles. The number of imide groups is 1. The SMILES string of the molecule is O=C1NC(=O)C2(N3Cc4cc(O[C@@H]5CCC[C@@H]5N5CCC(c6ccccc6)C5)ccc4C3=O)CC1C2. The molecule has 8 rings (SSSR count). The Hall–Kier alpha value is -3.19. The fraction of sp³-hybridized carbons (Fsp3) is 0.483. The maximum atomic E-state index is 13.2. The van der Waals surface area contributed by atoms with Crippen molar-refractivity contribution in [2.24, 2.45) is 5.92 Å². The second-order valence-electron chi connectivity index (χ2n) is 11.2. The summed E-state index contributed by atoms with van der Waals surface area (Å²) >= 11 is 0. The molecule has 6 aliphatic rings. The highest BCUT2D eigenvalue weighted by atomic mass is 16.5. The maximum absolute atomic E-state index is 13.2. The Bertz CT molecular complexity index is 1240. The van der Waals surface area contributed by atoms with Gasteiger partial charge in [-0.2, -0.15) is 0 Å². The molecule has 7 heteroatoms. The Morgan fingerprint density at radius 1 is 0.944 bits per heavy atom. The molecule has 0 spiro atoms. The number of ether oxygens (including phenoxy) is 1. The zero-order valence-electron chi connectivity index (χ0n) is 20.3. The number of carbonyl (C=O) groups is 3. The number of benzene rings is 2. The van der Waals surface area contributed by atoms with Gasteiger partial charge in [0.05, 0.1) is 0 Å². The molecule has 4 heterocycles. The van der Waals surface area contributed by atoms with Gasteiger partial charge in [-0.3, -0.25) is 24.6 Å². The van der Waals surface area contributed by atoms with E-state index in [0.29, 0.717) is 36.9 Å². The number of rotatable bonds is 5. The first-order valence-electron chi connectivity index (χ1n) is 13.3. The van der Waals surface area contributed by atoms with Crippen LogP contribution in [-0.2, 0) is 16.1 Å². The molecule has 2 aromatic carbocycles. The van der Waals surface area contributed by atoms with Crippen molar-refractivity contribution in [3.63, 3.8) is 0 Å². The molecule has 5 fully saturated rings. The first kappa shape index (κ1) is 22.0. The van der Waals surface area contributed by atoms with Gasteiger partial charge in [-0.15, -0.1) is 0 Å². The predicted octanol–water partition coefficient (Wildman–Crippen LogP) is 3.24. The highest BCUT2D eigenvalue weighted by Crippen LogP contribution is 2.49. The van der Waals surface area contributed by atoms with E-state index in [1.165, 1.54) is 12.0 Å². The van der Waals surface area contributed by atoms with Gasteiger partial charge in [0.1, 0.15) is 17.4 Å². The van der Waals surface area contributed by atoms with Crippen LogP contribution in [0.15, 0.2) is 48.5 Å². The molecule has 2 aromatic rings. The van der Waals surface area contributed by atoms with Crippen LogP contribution in [-0.4, -0.2) is 58.3 Å². The van der Waals surface area contributed by atoms with Gasteiger partial charge < -0.3 is 9.64 Å². The van der Waals surface area contributed by atoms with Gasteiger partial charge in [0.2, 0.25) is 5.91 Å². The van der Waals surface area contributed by atoms with Gasteiger partial charge in [-0.25, -0.2) is 0 Å². The second kappa shape index (κ2) is 8.17. The van der Waals surface area contributed by atoms with E-state index in [4.69, 9.17) is 4.74 Å². The number of hydrogen-bond donors (Lipinski definition) is 1. The van der Waals surface area contributed by atoms with Gasteiger partial charge in [0, 0.05) is 30.6 Å². The largest absolute Gasteiger partial charge is 0.489 e. The van der Waals surface area contributed by atoms with E-state index in [9.17, 15) is 14.4 Å². The van der Waals surface area contributed by atoms with Crippen molar-refractivity contribution >= 4 is 17.7 Å². The van der Waals surface area contributed by atoms with Crippen molar-refractivity contribution < 1.29 is 19.1 Å². The summed E-state index contributed by atoms with van der Waals surface area (Å²) in [5, 5.41) is 2.45. The molecular formula is C29H31N3O4. The number of likely N-dealkylation sites (tertiary alicyclic amines) is 1. The van der Waals surface area contributed by atoms with Gasteiger partial charge >= 0.3 is 0 Å². The molecule has 7 nitrogen and oxygen atoms in total. The summed E-state index contributed by atoms with van der Waals surface area (Å²) < 4.78 is 6.56. The van der Waals surface area contributed by atoms with Crippen LogP contribution in [0.4, 0.5) is 0 Å². The lowest BCUT2D eigenvalue weighted by Crippen LogP contribution is -2.73. The number of carbonyl (C=O) groups excluding carboxylic acids is 3. The smallest absolute Gasteiger partial charge is 0.255 e. The number of nitrogens with one attached hydrogen (secondary N) is 1. The Balaban J connectivity index is 1.04. The van der Waals surface area contributed by atoms with Crippen LogP contribution in [0.25, 0.3) is 0 Å². The fourth-order valence-corrected chi connectivity index (χ4v) is 7.24. The predicted molar refractivity (Wildman–Crippen MR) is 132 cm³/mol. The van der Waals surface area contributed by atoms with Crippen LogP contribution in [0.1, 0.15) is 65.9 Å². The molecule has 186 valence electrons. The maximum Gasteiger partial charge on any atom is 0.255 e. The summed E-state index contributed by atoms with van der Waals surface area (Å²) in [6, 6.07) is 17.0. The van der Waals surface area contributed by atoms with Gasteiger partial charge in [0.25, 0.3) is 11.8 Å². The van der Waals surface area contributed by atoms with E-state index in [-0.39, 0.29) is 29.7 Å². The molecular weight excluding hydrogens is 454 g/mol. The number of hydrogen-bond acceptors (Lipinski definition) is 5. The Morgan fingerprint density at radius 3 is 2.58 bits per heavy atom. The molecule has 3 atom stereocenters. The minimum atomic E-state index is -0.878. The topological polar surface area (TPSA) is 79.0 Å². The van der Waals surface area contributed by atoms with Crippen molar-refractivity contribution in [2.75, 3.05) is 13.1 Å². The number of fused-ring (bicyclic) bond motifs is 3. The molecule has 2 aliphatic carbocycles. The van der Waals surface area contributed by atoms with Crippen molar-refractivity contribution in [3.8, 4) is 5.75 Å². The van der Waals surface area contributed by atoms with Gasteiger partial charge in [-0.05, 0) is 80.3 Å². The average molecular weight is 486 g/mol. The molecule has 1 N–H and O–H groups in total. The molecule has 2 saturated carbocycles. The third-order valence-corrected chi connectivity index (χ3v) is 9.26. The van der Waals surface area contributed by atoms with Crippen LogP contribution in [0.2, 0.25) is 0 Å². The Kier molecular flexibility index (Phi) is 5.00. The zero-order chi connectivity index (χ0) is 24.4. The molecule has 3 amide bonds. The Labute approximate surface area is 210 Å². The molecule has 0 aromatic heterocycles. The van der Waals surface area contributed by atoms with Crippen LogP contribution < -0.4 is 10.1 Å². The summed E-state index contributed by atoms with van der Waals surface area (Å²) in [5.41, 5.74) is 2.09. The van der Waals surface area contributed by atoms with Crippen LogP contribution in [0, 0.1) is 5.92 Å². The molecule has 2 bridgehead atoms. The zero-order valence-corrected chi connectivity index (χ0v) is 20.3. The lowest BCUT2D eigenvalue weighted by atomic mass is 9.63. The van der Waals surface area contributed by atoms with Crippen molar-refractivity contribution in [1.29, 1.82) is 0 Å². The van der Waals surface area contributed by atoms with Crippen LogP contribution in [0.3, 0.4) is 0 Å². The fourth-order valence-electron chi connectivity index (χ4n) is 7.24. The first-order chi connectivity index (χ1) is 17.5. The lowest BCUT2D eigenvalue weighted by Gasteiger charge is -2.53. The highest BCUT2D eigenvalue weighted by molar-refractivity contribution is 6.10. The minimum absolute atomic E-state index is 0.123. The summed E-state index contributed by atoms with van der Waals surface area (Å²) in [7, 11) is 0. The minimum Gasteiger partial charge on any atom is -0.489 e. The Morgan fingerprint density at radius 2 is 1.78 bits per heavy atom. The quantitative estimate of drug-likeness (QED) is 0.658. The van der Waals surface area contributed by atoms with E-state index >= 15 is 0 Å². The van der Waals surface area contributed by atoms with Gasteiger partial charge in [-0.1, -0.05) is 30.3 Å². The molecule has 4 aliphatic heterocycles. The lowest BCUT2D eigenvalue weighted by molar-refractivity contribution is -0.160. The third-order valence-electron chi connectivity index (χ3n) is 9.26. The molecule has 0 radical (unpaired) electrons. The number of piperidine rings is 2. The van der Waals surface area contributed by atoms with E-state index in [1.54, 1.807) is 4.90 Å². The standard InChI is InChI=1S/C29H31N3O4/c33-26-21-14-29(15-21,28(35)30-26)32-17-20-13-22(9-10-23(20)27(32)34)36-25-8-4-7-24(25)31-12-11-19(16-31)18-5-2-1-3-6-18/h1-3,5-6,9-10,13,19,21,24-25H,4,7-8,11-12,14-17H2,(H,30,33,35)/t19?,21?,24-,25+,29?/m0/s1. The van der Waals surface area contributed by atoms with Crippen molar-refractivity contribution in [1.82, 2.24) is 15.1 Å². The number of nitrogens with zero attached hydrogens (tertiary/aromatic N) is 2. The summed E-state index contributed by atoms with van der Waals surface area (Å²) in [5.74, 6) is 0.557. The van der Waals surface area contributed by atoms with E-state index < -0.39 is 5.54 Å². The van der Waals surface area contributed by atoms with E-state index in [1.807, 2.05) is 18.2 Å². The summed E-state index contributed by atoms with van der Waals surface area (Å²) in [6.45, 7) is 2.57. The third kappa shape index (κ3) is 3.32. The molecule has 36 heavy (non-hydrogen) atoms. The first-order valence-corrected chi connectivity index (χ1v) is 13.3. The monoisotopic (exact) mass is 485 g/mol. The van der Waals surface area contributed by atoms with E-state index in [0.717, 1.165) is 43.7 Å². The normalized spacial score (nSPS) is 33.4. The van der Waals surface area contributed by atoms with Gasteiger partial charge in [0.15, 0.2) is 0 Å². The summed E-state index contributed by atoms with van der Waals surface area (Å²) in [6.07, 6.45) is 5.56. The van der Waals surface area contributed by atoms with E-state index in [2.05, 4.69) is 40.5 Å². The molecule has 1 unspecified atom stereocenters. The highest BCUT2D eigenvalue weighted by Gasteiger charge is 2.63. The van der Waals surface area contributed by atoms with Crippen molar-refractivity contribution in [2.45, 2.75) is 68.7 Å².